The Bertz CT molecular complexity index is 402. The minimum absolute atomic E-state index is 0.149. The number of hydrogen-bond donors (Lipinski definition) is 1. The molecule has 7 heteroatoms. The largest absolute Gasteiger partial charge is 0.389 e. The Labute approximate surface area is 116 Å². The highest BCUT2D eigenvalue weighted by Gasteiger charge is 2.25. The van der Waals surface area contributed by atoms with Gasteiger partial charge in [-0.05, 0) is 33.2 Å². The highest BCUT2D eigenvalue weighted by atomic mass is 35.5. The molecule has 0 aromatic carbocycles. The third kappa shape index (κ3) is 5.40. The first kappa shape index (κ1) is 16.3. The summed E-state index contributed by atoms with van der Waals surface area (Å²) in [5.41, 5.74) is 1.66. The quantitative estimate of drug-likeness (QED) is 0.778. The summed E-state index contributed by atoms with van der Waals surface area (Å²) in [6.07, 6.45) is -4.13. The Morgan fingerprint density at radius 3 is 2.58 bits per heavy atom. The van der Waals surface area contributed by atoms with Crippen LogP contribution in [0.25, 0.3) is 0 Å². The van der Waals surface area contributed by atoms with Crippen molar-refractivity contribution in [3.63, 3.8) is 0 Å². The molecule has 0 saturated carbocycles. The summed E-state index contributed by atoms with van der Waals surface area (Å²) < 4.78 is 37.6. The Morgan fingerprint density at radius 2 is 2.00 bits per heavy atom. The molecule has 1 N–H and O–H groups in total. The zero-order valence-corrected chi connectivity index (χ0v) is 11.9. The lowest BCUT2D eigenvalue weighted by atomic mass is 10.2. The summed E-state index contributed by atoms with van der Waals surface area (Å²) in [6, 6.07) is 0. The lowest BCUT2D eigenvalue weighted by molar-refractivity contribution is -0.135. The van der Waals surface area contributed by atoms with Crippen LogP contribution in [0.1, 0.15) is 37.6 Å². The van der Waals surface area contributed by atoms with Gasteiger partial charge in [-0.1, -0.05) is 11.6 Å². The molecule has 0 bridgehead atoms. The molecule has 1 aromatic rings. The monoisotopic (exact) mass is 297 g/mol. The van der Waals surface area contributed by atoms with Crippen molar-refractivity contribution in [1.29, 1.82) is 0 Å². The summed E-state index contributed by atoms with van der Waals surface area (Å²) in [6.45, 7) is 5.59. The van der Waals surface area contributed by atoms with Crippen molar-refractivity contribution in [1.82, 2.24) is 15.1 Å². The van der Waals surface area contributed by atoms with Gasteiger partial charge in [0.2, 0.25) is 0 Å². The standard InChI is InChI=1S/C12H19ClF3N3/c1-3-19-10(11(13)9(2)18-19)8-17-7-5-4-6-12(14,15)16/h17H,3-8H2,1-2H3. The van der Waals surface area contributed by atoms with Gasteiger partial charge in [0.15, 0.2) is 0 Å². The Morgan fingerprint density at radius 1 is 1.32 bits per heavy atom. The smallest absolute Gasteiger partial charge is 0.311 e. The summed E-state index contributed by atoms with van der Waals surface area (Å²) in [5.74, 6) is 0. The first-order chi connectivity index (χ1) is 8.85. The number of nitrogens with one attached hydrogen (secondary N) is 1. The fourth-order valence-electron chi connectivity index (χ4n) is 1.82. The van der Waals surface area contributed by atoms with Gasteiger partial charge < -0.3 is 5.32 Å². The average Bonchev–Trinajstić information content (AvgIpc) is 2.59. The predicted octanol–water partition coefficient (Wildman–Crippen LogP) is 3.69. The van der Waals surface area contributed by atoms with Gasteiger partial charge in [-0.25, -0.2) is 0 Å². The van der Waals surface area contributed by atoms with E-state index in [4.69, 9.17) is 11.6 Å². The zero-order chi connectivity index (χ0) is 14.5. The second-order valence-corrected chi connectivity index (χ2v) is 4.79. The number of hydrogen-bond acceptors (Lipinski definition) is 2. The summed E-state index contributed by atoms with van der Waals surface area (Å²) in [4.78, 5) is 0. The molecule has 0 aliphatic carbocycles. The zero-order valence-electron chi connectivity index (χ0n) is 11.1. The Kier molecular flexibility index (Phi) is 6.13. The van der Waals surface area contributed by atoms with Crippen LogP contribution in [0.2, 0.25) is 5.02 Å². The van der Waals surface area contributed by atoms with E-state index in [1.54, 1.807) is 4.68 Å². The van der Waals surface area contributed by atoms with E-state index in [0.29, 0.717) is 24.5 Å². The molecule has 1 aromatic heterocycles. The fraction of sp³-hybridized carbons (Fsp3) is 0.750. The number of halogens is 4. The fourth-order valence-corrected chi connectivity index (χ4v) is 2.02. The molecular formula is C12H19ClF3N3. The summed E-state index contributed by atoms with van der Waals surface area (Å²) in [7, 11) is 0. The van der Waals surface area contributed by atoms with Crippen molar-refractivity contribution < 1.29 is 13.2 Å². The van der Waals surface area contributed by atoms with Crippen LogP contribution in [0.15, 0.2) is 0 Å². The molecule has 0 atom stereocenters. The molecule has 0 unspecified atom stereocenters. The van der Waals surface area contributed by atoms with Gasteiger partial charge in [0.05, 0.1) is 16.4 Å². The van der Waals surface area contributed by atoms with Crippen LogP contribution in [0.3, 0.4) is 0 Å². The van der Waals surface area contributed by atoms with E-state index >= 15 is 0 Å². The molecule has 3 nitrogen and oxygen atoms in total. The SMILES string of the molecule is CCn1nc(C)c(Cl)c1CNCCCCC(F)(F)F. The Balaban J connectivity index is 2.30. The van der Waals surface area contributed by atoms with Crippen molar-refractivity contribution in [3.05, 3.63) is 16.4 Å². The molecule has 19 heavy (non-hydrogen) atoms. The van der Waals surface area contributed by atoms with E-state index in [-0.39, 0.29) is 6.42 Å². The van der Waals surface area contributed by atoms with E-state index < -0.39 is 12.6 Å². The molecule has 0 radical (unpaired) electrons. The first-order valence-electron chi connectivity index (χ1n) is 6.34. The minimum atomic E-state index is -4.05. The van der Waals surface area contributed by atoms with Gasteiger partial charge in [0.25, 0.3) is 0 Å². The molecule has 0 amide bonds. The molecule has 0 spiro atoms. The van der Waals surface area contributed by atoms with Crippen LogP contribution in [0.5, 0.6) is 0 Å². The maximum Gasteiger partial charge on any atom is 0.389 e. The van der Waals surface area contributed by atoms with E-state index in [1.807, 2.05) is 13.8 Å². The average molecular weight is 298 g/mol. The molecule has 1 rings (SSSR count). The number of nitrogens with zero attached hydrogens (tertiary/aromatic N) is 2. The van der Waals surface area contributed by atoms with Crippen LogP contribution < -0.4 is 5.32 Å². The third-order valence-electron chi connectivity index (χ3n) is 2.81. The molecule has 0 aliphatic heterocycles. The van der Waals surface area contributed by atoms with Crippen LogP contribution in [-0.4, -0.2) is 22.5 Å². The van der Waals surface area contributed by atoms with E-state index in [2.05, 4.69) is 10.4 Å². The molecule has 0 aliphatic rings. The van der Waals surface area contributed by atoms with Crippen LogP contribution in [0.4, 0.5) is 13.2 Å². The lowest BCUT2D eigenvalue weighted by Crippen LogP contribution is -2.18. The van der Waals surface area contributed by atoms with Crippen LogP contribution in [0, 0.1) is 6.92 Å². The van der Waals surface area contributed by atoms with Crippen molar-refractivity contribution in [3.8, 4) is 0 Å². The van der Waals surface area contributed by atoms with Gasteiger partial charge in [0.1, 0.15) is 0 Å². The number of aryl methyl sites for hydroxylation is 2. The summed E-state index contributed by atoms with van der Waals surface area (Å²) >= 11 is 6.12. The highest BCUT2D eigenvalue weighted by Crippen LogP contribution is 2.22. The lowest BCUT2D eigenvalue weighted by Gasteiger charge is -2.08. The highest BCUT2D eigenvalue weighted by molar-refractivity contribution is 6.31. The summed E-state index contributed by atoms with van der Waals surface area (Å²) in [5, 5.41) is 8.01. The van der Waals surface area contributed by atoms with Crippen molar-refractivity contribution in [2.24, 2.45) is 0 Å². The molecule has 1 heterocycles. The molecule has 110 valence electrons. The van der Waals surface area contributed by atoms with E-state index in [1.165, 1.54) is 0 Å². The van der Waals surface area contributed by atoms with Crippen LogP contribution >= 0.6 is 11.6 Å². The van der Waals surface area contributed by atoms with Gasteiger partial charge >= 0.3 is 6.18 Å². The van der Waals surface area contributed by atoms with Crippen molar-refractivity contribution in [2.45, 2.75) is 52.4 Å². The topological polar surface area (TPSA) is 29.9 Å². The number of rotatable bonds is 7. The number of alkyl halides is 3. The second kappa shape index (κ2) is 7.14. The van der Waals surface area contributed by atoms with Gasteiger partial charge in [0, 0.05) is 19.5 Å². The van der Waals surface area contributed by atoms with Crippen LogP contribution in [-0.2, 0) is 13.1 Å². The maximum atomic E-state index is 11.9. The van der Waals surface area contributed by atoms with Crippen molar-refractivity contribution >= 4 is 11.6 Å². The predicted molar refractivity (Wildman–Crippen MR) is 69.3 cm³/mol. The number of unbranched alkanes of at least 4 members (excludes halogenated alkanes) is 1. The molecular weight excluding hydrogens is 279 g/mol. The van der Waals surface area contributed by atoms with Gasteiger partial charge in [-0.2, -0.15) is 18.3 Å². The Hall–Kier alpha value is -0.750. The number of aromatic nitrogens is 2. The second-order valence-electron chi connectivity index (χ2n) is 4.41. The molecule has 0 fully saturated rings. The van der Waals surface area contributed by atoms with E-state index in [0.717, 1.165) is 17.9 Å². The molecule has 0 saturated heterocycles. The third-order valence-corrected chi connectivity index (χ3v) is 3.30. The van der Waals surface area contributed by atoms with Crippen molar-refractivity contribution in [2.75, 3.05) is 6.54 Å². The normalized spacial score (nSPS) is 12.1. The van der Waals surface area contributed by atoms with Gasteiger partial charge in [-0.3, -0.25) is 4.68 Å². The minimum Gasteiger partial charge on any atom is -0.311 e. The van der Waals surface area contributed by atoms with Gasteiger partial charge in [-0.15, -0.1) is 0 Å². The first-order valence-corrected chi connectivity index (χ1v) is 6.72. The maximum absolute atomic E-state index is 11.9. The van der Waals surface area contributed by atoms with E-state index in [9.17, 15) is 13.2 Å².